The number of hydrogen-bond donors (Lipinski definition) is 2. The van der Waals surface area contributed by atoms with Crippen LogP contribution in [0.1, 0.15) is 30.9 Å². The lowest BCUT2D eigenvalue weighted by molar-refractivity contribution is 0.0963. The molecule has 1 aliphatic heterocycles. The number of nitrogens with one attached hydrogen (secondary N) is 1. The Hall–Kier alpha value is -3.42. The first-order valence-electron chi connectivity index (χ1n) is 10.9. The minimum atomic E-state index is -0.252. The third-order valence-corrected chi connectivity index (χ3v) is 5.27. The van der Waals surface area contributed by atoms with E-state index >= 15 is 0 Å². The summed E-state index contributed by atoms with van der Waals surface area (Å²) in [6, 6.07) is 15.9. The third kappa shape index (κ3) is 6.80. The molecular formula is C24H32N4O4. The van der Waals surface area contributed by atoms with Crippen molar-refractivity contribution < 1.29 is 19.0 Å². The standard InChI is InChI=1S/C24H32N4O4/c1-3-31-24(29)28-13-11-20(12-14-28)27-23(25)26-16-19-9-10-21(22(15-19)30-2)32-17-18-7-5-4-6-8-18/h4-10,15,20H,3,11-14,16-17H2,1-2H3,(H3,25,26,27). The number of amides is 1. The van der Waals surface area contributed by atoms with E-state index in [0.717, 1.165) is 24.0 Å². The highest BCUT2D eigenvalue weighted by atomic mass is 16.6. The zero-order chi connectivity index (χ0) is 22.8. The van der Waals surface area contributed by atoms with Gasteiger partial charge in [-0.2, -0.15) is 0 Å². The Morgan fingerprint density at radius 1 is 1.12 bits per heavy atom. The van der Waals surface area contributed by atoms with Crippen molar-refractivity contribution in [1.29, 1.82) is 0 Å². The van der Waals surface area contributed by atoms with Crippen LogP contribution in [0.25, 0.3) is 0 Å². The molecule has 0 atom stereocenters. The molecule has 8 heteroatoms. The highest BCUT2D eigenvalue weighted by Crippen LogP contribution is 2.29. The van der Waals surface area contributed by atoms with Crippen LogP contribution in [0.2, 0.25) is 0 Å². The fourth-order valence-corrected chi connectivity index (χ4v) is 3.52. The number of nitrogens with zero attached hydrogens (tertiary/aromatic N) is 2. The Bertz CT molecular complexity index is 896. The summed E-state index contributed by atoms with van der Waals surface area (Å²) in [5.41, 5.74) is 8.15. The Balaban J connectivity index is 1.49. The lowest BCUT2D eigenvalue weighted by Gasteiger charge is -2.31. The van der Waals surface area contributed by atoms with Crippen LogP contribution in [0.5, 0.6) is 11.5 Å². The number of aliphatic imine (C=N–C) groups is 1. The predicted octanol–water partition coefficient (Wildman–Crippen LogP) is 3.30. The van der Waals surface area contributed by atoms with Gasteiger partial charge in [0.1, 0.15) is 6.61 Å². The van der Waals surface area contributed by atoms with Crippen LogP contribution in [0, 0.1) is 0 Å². The second kappa shape index (κ2) is 11.8. The molecule has 2 aromatic carbocycles. The molecule has 1 amide bonds. The highest BCUT2D eigenvalue weighted by molar-refractivity contribution is 5.78. The van der Waals surface area contributed by atoms with Crippen LogP contribution in [0.3, 0.4) is 0 Å². The number of hydrogen-bond acceptors (Lipinski definition) is 5. The smallest absolute Gasteiger partial charge is 0.409 e. The number of carbonyl (C=O) groups excluding carboxylic acids is 1. The molecule has 3 rings (SSSR count). The zero-order valence-electron chi connectivity index (χ0n) is 18.8. The van der Waals surface area contributed by atoms with Gasteiger partial charge in [-0.1, -0.05) is 36.4 Å². The first-order valence-corrected chi connectivity index (χ1v) is 10.9. The number of nitrogens with two attached hydrogens (primary N) is 1. The Labute approximate surface area is 189 Å². The second-order valence-corrected chi connectivity index (χ2v) is 7.57. The summed E-state index contributed by atoms with van der Waals surface area (Å²) < 4.78 is 16.4. The van der Waals surface area contributed by atoms with Gasteiger partial charge in [0, 0.05) is 19.1 Å². The maximum Gasteiger partial charge on any atom is 0.409 e. The summed E-state index contributed by atoms with van der Waals surface area (Å²) >= 11 is 0. The number of ether oxygens (including phenoxy) is 3. The number of piperidine rings is 1. The number of likely N-dealkylation sites (tertiary alicyclic amines) is 1. The summed E-state index contributed by atoms with van der Waals surface area (Å²) in [5, 5.41) is 3.25. The molecule has 1 saturated heterocycles. The van der Waals surface area contributed by atoms with E-state index in [-0.39, 0.29) is 12.1 Å². The molecule has 1 heterocycles. The van der Waals surface area contributed by atoms with Crippen LogP contribution < -0.4 is 20.5 Å². The molecule has 1 fully saturated rings. The van der Waals surface area contributed by atoms with Gasteiger partial charge in [-0.15, -0.1) is 0 Å². The van der Waals surface area contributed by atoms with E-state index in [4.69, 9.17) is 19.9 Å². The molecule has 1 aliphatic rings. The van der Waals surface area contributed by atoms with E-state index in [1.54, 1.807) is 12.0 Å². The lowest BCUT2D eigenvalue weighted by Crippen LogP contribution is -2.48. The van der Waals surface area contributed by atoms with Gasteiger partial charge < -0.3 is 30.2 Å². The van der Waals surface area contributed by atoms with Crippen LogP contribution in [-0.4, -0.2) is 49.8 Å². The molecule has 0 spiro atoms. The van der Waals surface area contributed by atoms with E-state index in [9.17, 15) is 4.79 Å². The summed E-state index contributed by atoms with van der Waals surface area (Å²) in [6.07, 6.45) is 1.35. The molecule has 2 aromatic rings. The van der Waals surface area contributed by atoms with Crippen LogP contribution in [0.15, 0.2) is 53.5 Å². The molecule has 172 valence electrons. The largest absolute Gasteiger partial charge is 0.493 e. The number of methoxy groups -OCH3 is 1. The molecule has 8 nitrogen and oxygen atoms in total. The van der Waals surface area contributed by atoms with Crippen molar-refractivity contribution in [3.63, 3.8) is 0 Å². The van der Waals surface area contributed by atoms with E-state index in [0.29, 0.717) is 50.3 Å². The van der Waals surface area contributed by atoms with Gasteiger partial charge in [0.2, 0.25) is 0 Å². The quantitative estimate of drug-likeness (QED) is 0.483. The van der Waals surface area contributed by atoms with Gasteiger partial charge in [-0.3, -0.25) is 0 Å². The molecule has 0 aromatic heterocycles. The number of guanidine groups is 1. The third-order valence-electron chi connectivity index (χ3n) is 5.27. The SMILES string of the molecule is CCOC(=O)N1CCC(NC(N)=NCc2ccc(OCc3ccccc3)c(OC)c2)CC1. The first kappa shape index (κ1) is 23.2. The van der Waals surface area contributed by atoms with Gasteiger partial charge in [0.05, 0.1) is 20.3 Å². The Morgan fingerprint density at radius 2 is 1.88 bits per heavy atom. The van der Waals surface area contributed by atoms with Crippen LogP contribution in [0.4, 0.5) is 4.79 Å². The minimum absolute atomic E-state index is 0.188. The van der Waals surface area contributed by atoms with Crippen LogP contribution in [-0.2, 0) is 17.9 Å². The maximum absolute atomic E-state index is 11.8. The summed E-state index contributed by atoms with van der Waals surface area (Å²) in [6.45, 7) is 4.39. The fraction of sp³-hybridized carbons (Fsp3) is 0.417. The minimum Gasteiger partial charge on any atom is -0.493 e. The van der Waals surface area contributed by atoms with E-state index in [1.807, 2.05) is 55.5 Å². The van der Waals surface area contributed by atoms with Crippen molar-refractivity contribution in [3.05, 3.63) is 59.7 Å². The normalized spacial score (nSPS) is 14.7. The van der Waals surface area contributed by atoms with Crippen molar-refractivity contribution >= 4 is 12.1 Å². The van der Waals surface area contributed by atoms with Gasteiger partial charge in [-0.05, 0) is 43.0 Å². The molecule has 0 bridgehead atoms. The van der Waals surface area contributed by atoms with E-state index in [1.165, 1.54) is 0 Å². The highest BCUT2D eigenvalue weighted by Gasteiger charge is 2.23. The fourth-order valence-electron chi connectivity index (χ4n) is 3.52. The average Bonchev–Trinajstić information content (AvgIpc) is 2.83. The molecule has 3 N–H and O–H groups in total. The van der Waals surface area contributed by atoms with Crippen LogP contribution >= 0.6 is 0 Å². The maximum atomic E-state index is 11.8. The molecular weight excluding hydrogens is 408 g/mol. The van der Waals surface area contributed by atoms with Gasteiger partial charge in [0.15, 0.2) is 17.5 Å². The number of benzene rings is 2. The van der Waals surface area contributed by atoms with E-state index < -0.39 is 0 Å². The zero-order valence-corrected chi connectivity index (χ0v) is 18.8. The van der Waals surface area contributed by atoms with Gasteiger partial charge >= 0.3 is 6.09 Å². The average molecular weight is 441 g/mol. The number of carbonyl (C=O) groups is 1. The lowest BCUT2D eigenvalue weighted by atomic mass is 10.1. The molecule has 0 saturated carbocycles. The predicted molar refractivity (Wildman–Crippen MR) is 124 cm³/mol. The molecule has 0 radical (unpaired) electrons. The first-order chi connectivity index (χ1) is 15.6. The van der Waals surface area contributed by atoms with Crippen molar-refractivity contribution in [1.82, 2.24) is 10.2 Å². The van der Waals surface area contributed by atoms with Crippen molar-refractivity contribution in [2.45, 2.75) is 39.0 Å². The number of rotatable bonds is 8. The Morgan fingerprint density at radius 3 is 2.56 bits per heavy atom. The Kier molecular flexibility index (Phi) is 8.60. The summed E-state index contributed by atoms with van der Waals surface area (Å²) in [4.78, 5) is 18.0. The molecule has 0 aliphatic carbocycles. The van der Waals surface area contributed by atoms with Crippen molar-refractivity contribution in [3.8, 4) is 11.5 Å². The van der Waals surface area contributed by atoms with Crippen molar-refractivity contribution in [2.75, 3.05) is 26.8 Å². The monoisotopic (exact) mass is 440 g/mol. The summed E-state index contributed by atoms with van der Waals surface area (Å²) in [7, 11) is 1.62. The molecule has 32 heavy (non-hydrogen) atoms. The van der Waals surface area contributed by atoms with Gasteiger partial charge in [0.25, 0.3) is 0 Å². The van der Waals surface area contributed by atoms with E-state index in [2.05, 4.69) is 10.3 Å². The van der Waals surface area contributed by atoms with Crippen molar-refractivity contribution in [2.24, 2.45) is 10.7 Å². The summed E-state index contributed by atoms with van der Waals surface area (Å²) in [5.74, 6) is 1.73. The second-order valence-electron chi connectivity index (χ2n) is 7.57. The van der Waals surface area contributed by atoms with Gasteiger partial charge in [-0.25, -0.2) is 9.79 Å². The molecule has 0 unspecified atom stereocenters. The topological polar surface area (TPSA) is 98.4 Å².